The van der Waals surface area contributed by atoms with E-state index >= 15 is 0 Å². The highest BCUT2D eigenvalue weighted by Gasteiger charge is 2.18. The molecule has 1 aliphatic heterocycles. The molecule has 0 bridgehead atoms. The Balaban J connectivity index is 2.26. The Labute approximate surface area is 114 Å². The highest BCUT2D eigenvalue weighted by molar-refractivity contribution is 5.74. The molecule has 0 aromatic heterocycles. The number of likely N-dealkylation sites (N-methyl/N-ethyl adjacent to an activating group) is 1. The maximum absolute atomic E-state index is 12.0. The predicted molar refractivity (Wildman–Crippen MR) is 73.2 cm³/mol. The average Bonchev–Trinajstić information content (AvgIpc) is 2.53. The minimum Gasteiger partial charge on any atom is -0.481 e. The third-order valence-corrected chi connectivity index (χ3v) is 3.40. The van der Waals surface area contributed by atoms with Crippen LogP contribution < -0.4 is 5.32 Å². The van der Waals surface area contributed by atoms with E-state index in [-0.39, 0.29) is 18.5 Å². The zero-order chi connectivity index (χ0) is 14.3. The molecule has 19 heavy (non-hydrogen) atoms. The number of aliphatic carboxylic acids is 1. The van der Waals surface area contributed by atoms with E-state index in [1.54, 1.807) is 0 Å². The summed E-state index contributed by atoms with van der Waals surface area (Å²) in [4.78, 5) is 26.5. The van der Waals surface area contributed by atoms with E-state index in [9.17, 15) is 9.59 Å². The number of urea groups is 1. The summed E-state index contributed by atoms with van der Waals surface area (Å²) < 4.78 is 0. The molecular weight excluding hydrogens is 246 g/mol. The number of carboxylic acids is 1. The summed E-state index contributed by atoms with van der Waals surface area (Å²) in [5.74, 6) is -0.783. The first-order chi connectivity index (χ1) is 8.99. The molecule has 0 aliphatic carbocycles. The highest BCUT2D eigenvalue weighted by Crippen LogP contribution is 2.04. The lowest BCUT2D eigenvalue weighted by Gasteiger charge is -2.23. The molecule has 6 nitrogen and oxygen atoms in total. The summed E-state index contributed by atoms with van der Waals surface area (Å²) >= 11 is 0. The van der Waals surface area contributed by atoms with Crippen molar-refractivity contribution in [2.75, 3.05) is 33.2 Å². The van der Waals surface area contributed by atoms with Gasteiger partial charge in [-0.05, 0) is 39.8 Å². The van der Waals surface area contributed by atoms with Gasteiger partial charge in [-0.25, -0.2) is 4.79 Å². The molecule has 0 radical (unpaired) electrons. The topological polar surface area (TPSA) is 72.9 Å². The molecule has 1 aliphatic rings. The van der Waals surface area contributed by atoms with Crippen molar-refractivity contribution in [3.05, 3.63) is 0 Å². The summed E-state index contributed by atoms with van der Waals surface area (Å²) in [5.41, 5.74) is 0. The van der Waals surface area contributed by atoms with Crippen molar-refractivity contribution in [1.29, 1.82) is 0 Å². The first kappa shape index (κ1) is 15.8. The van der Waals surface area contributed by atoms with Crippen LogP contribution in [0.25, 0.3) is 0 Å². The molecule has 1 atom stereocenters. The number of hydrogen-bond donors (Lipinski definition) is 2. The van der Waals surface area contributed by atoms with Crippen LogP contribution in [-0.4, -0.2) is 66.2 Å². The summed E-state index contributed by atoms with van der Waals surface area (Å²) in [6.45, 7) is 5.39. The Morgan fingerprint density at radius 2 is 2.00 bits per heavy atom. The lowest BCUT2D eigenvalue weighted by molar-refractivity contribution is -0.137. The first-order valence-electron chi connectivity index (χ1n) is 6.95. The number of carbonyl (C=O) groups is 2. The number of rotatable bonds is 5. The van der Waals surface area contributed by atoms with Gasteiger partial charge in [-0.1, -0.05) is 0 Å². The van der Waals surface area contributed by atoms with Crippen molar-refractivity contribution in [3.63, 3.8) is 0 Å². The predicted octanol–water partition coefficient (Wildman–Crippen LogP) is 0.977. The van der Waals surface area contributed by atoms with Gasteiger partial charge in [-0.2, -0.15) is 0 Å². The summed E-state index contributed by atoms with van der Waals surface area (Å²) in [7, 11) is 2.07. The van der Waals surface area contributed by atoms with Gasteiger partial charge in [-0.15, -0.1) is 0 Å². The van der Waals surface area contributed by atoms with E-state index in [1.807, 2.05) is 11.8 Å². The van der Waals surface area contributed by atoms with Crippen molar-refractivity contribution in [2.24, 2.45) is 0 Å². The molecule has 0 saturated carbocycles. The fourth-order valence-corrected chi connectivity index (χ4v) is 2.18. The molecule has 1 rings (SSSR count). The van der Waals surface area contributed by atoms with Crippen molar-refractivity contribution in [2.45, 2.75) is 38.6 Å². The van der Waals surface area contributed by atoms with Gasteiger partial charge >= 0.3 is 12.0 Å². The summed E-state index contributed by atoms with van der Waals surface area (Å²) in [5, 5.41) is 11.5. The van der Waals surface area contributed by atoms with Gasteiger partial charge < -0.3 is 20.2 Å². The lowest BCUT2D eigenvalue weighted by atomic mass is 10.1. The minimum absolute atomic E-state index is 0.0211. The van der Waals surface area contributed by atoms with Crippen molar-refractivity contribution in [1.82, 2.24) is 15.1 Å². The standard InChI is InChI=1S/C13H25N3O3/c1-11(5-3-6-12(17)18)14-13(19)16-8-4-7-15(2)9-10-16/h11H,3-10H2,1-2H3,(H,14,19)(H,17,18). The van der Waals surface area contributed by atoms with E-state index in [1.165, 1.54) is 0 Å². The molecule has 1 heterocycles. The fourth-order valence-electron chi connectivity index (χ4n) is 2.18. The second-order valence-electron chi connectivity index (χ2n) is 5.28. The number of carboxylic acid groups (broad SMARTS) is 1. The van der Waals surface area contributed by atoms with E-state index in [0.717, 1.165) is 32.6 Å². The van der Waals surface area contributed by atoms with Gasteiger partial charge in [0.2, 0.25) is 0 Å². The molecular formula is C13H25N3O3. The van der Waals surface area contributed by atoms with E-state index < -0.39 is 5.97 Å². The number of hydrogen-bond acceptors (Lipinski definition) is 3. The number of nitrogens with one attached hydrogen (secondary N) is 1. The molecule has 0 aromatic carbocycles. The van der Waals surface area contributed by atoms with Gasteiger partial charge in [0, 0.05) is 32.1 Å². The normalized spacial score (nSPS) is 18.7. The van der Waals surface area contributed by atoms with E-state index in [2.05, 4.69) is 17.3 Å². The molecule has 110 valence electrons. The molecule has 2 amide bonds. The minimum atomic E-state index is -0.783. The number of nitrogens with zero attached hydrogens (tertiary/aromatic N) is 2. The van der Waals surface area contributed by atoms with Crippen LogP contribution in [0.3, 0.4) is 0 Å². The molecule has 1 unspecified atom stereocenters. The van der Waals surface area contributed by atoms with Crippen LogP contribution in [0.5, 0.6) is 0 Å². The highest BCUT2D eigenvalue weighted by atomic mass is 16.4. The third-order valence-electron chi connectivity index (χ3n) is 3.40. The van der Waals surface area contributed by atoms with Gasteiger partial charge in [0.05, 0.1) is 0 Å². The molecule has 0 spiro atoms. The van der Waals surface area contributed by atoms with Crippen molar-refractivity contribution in [3.8, 4) is 0 Å². The van der Waals surface area contributed by atoms with Crippen molar-refractivity contribution < 1.29 is 14.7 Å². The summed E-state index contributed by atoms with van der Waals surface area (Å²) in [6.07, 6.45) is 2.46. The Morgan fingerprint density at radius 1 is 1.26 bits per heavy atom. The largest absolute Gasteiger partial charge is 0.481 e. The second kappa shape index (κ2) is 7.99. The molecule has 0 aromatic rings. The third kappa shape index (κ3) is 6.42. The average molecular weight is 271 g/mol. The second-order valence-corrected chi connectivity index (χ2v) is 5.28. The molecule has 1 fully saturated rings. The van der Waals surface area contributed by atoms with E-state index in [0.29, 0.717) is 12.8 Å². The monoisotopic (exact) mass is 271 g/mol. The van der Waals surface area contributed by atoms with Crippen LogP contribution in [0, 0.1) is 0 Å². The Kier molecular flexibility index (Phi) is 6.62. The molecule has 1 saturated heterocycles. The van der Waals surface area contributed by atoms with Crippen LogP contribution in [0.2, 0.25) is 0 Å². The maximum atomic E-state index is 12.0. The zero-order valence-corrected chi connectivity index (χ0v) is 11.9. The molecule has 2 N–H and O–H groups in total. The molecule has 6 heteroatoms. The number of carbonyl (C=O) groups excluding carboxylic acids is 1. The maximum Gasteiger partial charge on any atom is 0.317 e. The van der Waals surface area contributed by atoms with Gasteiger partial charge in [0.25, 0.3) is 0 Å². The Bertz CT molecular complexity index is 310. The summed E-state index contributed by atoms with van der Waals surface area (Å²) in [6, 6.07) is -0.00837. The van der Waals surface area contributed by atoms with Crippen LogP contribution in [-0.2, 0) is 4.79 Å². The first-order valence-corrected chi connectivity index (χ1v) is 6.95. The van der Waals surface area contributed by atoms with Crippen LogP contribution >= 0.6 is 0 Å². The number of amides is 2. The Morgan fingerprint density at radius 3 is 2.68 bits per heavy atom. The zero-order valence-electron chi connectivity index (χ0n) is 11.9. The van der Waals surface area contributed by atoms with Gasteiger partial charge in [0.1, 0.15) is 0 Å². The van der Waals surface area contributed by atoms with Gasteiger partial charge in [0.15, 0.2) is 0 Å². The smallest absolute Gasteiger partial charge is 0.317 e. The SMILES string of the molecule is CC(CCCC(=O)O)NC(=O)N1CCCN(C)CC1. The van der Waals surface area contributed by atoms with Crippen molar-refractivity contribution >= 4 is 12.0 Å². The van der Waals surface area contributed by atoms with Crippen LogP contribution in [0.4, 0.5) is 4.79 Å². The Hall–Kier alpha value is -1.30. The van der Waals surface area contributed by atoms with Crippen LogP contribution in [0.15, 0.2) is 0 Å². The fraction of sp³-hybridized carbons (Fsp3) is 0.846. The quantitative estimate of drug-likeness (QED) is 0.781. The van der Waals surface area contributed by atoms with E-state index in [4.69, 9.17) is 5.11 Å². The van der Waals surface area contributed by atoms with Crippen LogP contribution in [0.1, 0.15) is 32.6 Å². The van der Waals surface area contributed by atoms with Gasteiger partial charge in [-0.3, -0.25) is 4.79 Å². The lowest BCUT2D eigenvalue weighted by Crippen LogP contribution is -2.45.